The van der Waals surface area contributed by atoms with Gasteiger partial charge in [0, 0.05) is 13.1 Å². The fourth-order valence-electron chi connectivity index (χ4n) is 4.24. The zero-order valence-corrected chi connectivity index (χ0v) is 15.6. The lowest BCUT2D eigenvalue weighted by Crippen LogP contribution is -2.33. The maximum atomic E-state index is 14.7. The van der Waals surface area contributed by atoms with E-state index in [0.717, 1.165) is 42.8 Å². The highest BCUT2D eigenvalue weighted by molar-refractivity contribution is 5.95. The molecule has 2 heterocycles. The van der Waals surface area contributed by atoms with E-state index >= 15 is 0 Å². The van der Waals surface area contributed by atoms with E-state index in [1.807, 2.05) is 35.2 Å². The number of rotatable bonds is 3. The Morgan fingerprint density at radius 2 is 1.67 bits per heavy atom. The van der Waals surface area contributed by atoms with Gasteiger partial charge in [0.05, 0.1) is 12.7 Å². The average molecular weight is 368 g/mol. The van der Waals surface area contributed by atoms with E-state index < -0.39 is 5.82 Å². The molecule has 0 radical (unpaired) electrons. The second kappa shape index (κ2) is 7.69. The summed E-state index contributed by atoms with van der Waals surface area (Å²) < 4.78 is 19.9. The molecule has 0 aromatic heterocycles. The van der Waals surface area contributed by atoms with Crippen LogP contribution < -0.4 is 10.1 Å². The van der Waals surface area contributed by atoms with Crippen molar-refractivity contribution in [3.8, 4) is 16.9 Å². The third-order valence-corrected chi connectivity index (χ3v) is 5.93. The number of hydrogen-bond acceptors (Lipinski definition) is 3. The maximum absolute atomic E-state index is 14.7. The van der Waals surface area contributed by atoms with Crippen LogP contribution in [0, 0.1) is 17.7 Å². The number of methoxy groups -OCH3 is 1. The third-order valence-electron chi connectivity index (χ3n) is 5.93. The van der Waals surface area contributed by atoms with Crippen LogP contribution >= 0.6 is 0 Å². The van der Waals surface area contributed by atoms with Gasteiger partial charge in [-0.3, -0.25) is 4.79 Å². The molecule has 2 aliphatic rings. The van der Waals surface area contributed by atoms with Crippen molar-refractivity contribution < 1.29 is 13.9 Å². The number of nitrogens with one attached hydrogen (secondary N) is 1. The van der Waals surface area contributed by atoms with E-state index in [-0.39, 0.29) is 11.5 Å². The molecule has 4 nitrogen and oxygen atoms in total. The summed E-state index contributed by atoms with van der Waals surface area (Å²) in [7, 11) is 1.61. The van der Waals surface area contributed by atoms with Crippen LogP contribution in [0.5, 0.6) is 5.75 Å². The lowest BCUT2D eigenvalue weighted by molar-refractivity contribution is 0.0754. The molecule has 0 saturated carbocycles. The van der Waals surface area contributed by atoms with Gasteiger partial charge < -0.3 is 15.0 Å². The quantitative estimate of drug-likeness (QED) is 0.901. The van der Waals surface area contributed by atoms with Crippen LogP contribution in [0.4, 0.5) is 4.39 Å². The first-order chi connectivity index (χ1) is 13.2. The number of ether oxygens (including phenoxy) is 1. The molecule has 0 bridgehead atoms. The van der Waals surface area contributed by atoms with Crippen LogP contribution in [0.2, 0.25) is 0 Å². The summed E-state index contributed by atoms with van der Waals surface area (Å²) in [4.78, 5) is 14.7. The molecule has 2 fully saturated rings. The first-order valence-electron chi connectivity index (χ1n) is 9.59. The van der Waals surface area contributed by atoms with E-state index in [4.69, 9.17) is 4.74 Å². The zero-order chi connectivity index (χ0) is 18.8. The number of hydrogen-bond donors (Lipinski definition) is 1. The van der Waals surface area contributed by atoms with Crippen LogP contribution in [-0.4, -0.2) is 44.1 Å². The predicted octanol–water partition coefficient (Wildman–Crippen LogP) is 3.57. The van der Waals surface area contributed by atoms with Crippen molar-refractivity contribution in [2.24, 2.45) is 11.8 Å². The van der Waals surface area contributed by atoms with E-state index in [1.165, 1.54) is 6.07 Å². The highest BCUT2D eigenvalue weighted by atomic mass is 19.1. The second-order valence-electron chi connectivity index (χ2n) is 7.47. The number of carbonyl (C=O) groups excluding carboxylic acids is 1. The fourth-order valence-corrected chi connectivity index (χ4v) is 4.24. The highest BCUT2D eigenvalue weighted by Crippen LogP contribution is 2.29. The normalized spacial score (nSPS) is 22.2. The first-order valence-corrected chi connectivity index (χ1v) is 9.59. The molecule has 0 aliphatic carbocycles. The molecule has 4 rings (SSSR count). The molecule has 5 heteroatoms. The molecule has 1 amide bonds. The Kier molecular flexibility index (Phi) is 5.12. The predicted molar refractivity (Wildman–Crippen MR) is 103 cm³/mol. The molecule has 2 aromatic rings. The van der Waals surface area contributed by atoms with Gasteiger partial charge in [0.1, 0.15) is 11.6 Å². The van der Waals surface area contributed by atoms with Crippen molar-refractivity contribution in [1.29, 1.82) is 0 Å². The van der Waals surface area contributed by atoms with Crippen molar-refractivity contribution in [1.82, 2.24) is 10.2 Å². The van der Waals surface area contributed by atoms with Crippen molar-refractivity contribution in [3.05, 3.63) is 53.8 Å². The molecular formula is C22H25FN2O2. The van der Waals surface area contributed by atoms with E-state index in [1.54, 1.807) is 13.2 Å². The van der Waals surface area contributed by atoms with Crippen LogP contribution in [-0.2, 0) is 0 Å². The van der Waals surface area contributed by atoms with Gasteiger partial charge in [-0.1, -0.05) is 18.2 Å². The van der Waals surface area contributed by atoms with Gasteiger partial charge in [-0.15, -0.1) is 0 Å². The van der Waals surface area contributed by atoms with Gasteiger partial charge in [0.15, 0.2) is 0 Å². The minimum absolute atomic E-state index is 0.164. The SMILES string of the molecule is COc1ccc(-c2ccc(C(=O)N3CC[C@@H]4CNC[C@@H]4CC3)c(F)c2)cc1. The van der Waals surface area contributed by atoms with Crippen molar-refractivity contribution in [3.63, 3.8) is 0 Å². The van der Waals surface area contributed by atoms with Crippen LogP contribution in [0.15, 0.2) is 42.5 Å². The number of nitrogens with zero attached hydrogens (tertiary/aromatic N) is 1. The molecular weight excluding hydrogens is 343 g/mol. The lowest BCUT2D eigenvalue weighted by Gasteiger charge is -2.21. The number of carbonyl (C=O) groups is 1. The van der Waals surface area contributed by atoms with E-state index in [0.29, 0.717) is 24.9 Å². The van der Waals surface area contributed by atoms with Crippen LogP contribution in [0.25, 0.3) is 11.1 Å². The Bertz CT molecular complexity index is 808. The highest BCUT2D eigenvalue weighted by Gasteiger charge is 2.32. The Morgan fingerprint density at radius 3 is 2.26 bits per heavy atom. The lowest BCUT2D eigenvalue weighted by atomic mass is 9.92. The molecule has 27 heavy (non-hydrogen) atoms. The van der Waals surface area contributed by atoms with Gasteiger partial charge in [-0.25, -0.2) is 4.39 Å². The summed E-state index contributed by atoms with van der Waals surface area (Å²) in [5, 5.41) is 3.43. The van der Waals surface area contributed by atoms with E-state index in [2.05, 4.69) is 5.32 Å². The Morgan fingerprint density at radius 1 is 1.04 bits per heavy atom. The zero-order valence-electron chi connectivity index (χ0n) is 15.6. The third kappa shape index (κ3) is 3.69. The van der Waals surface area contributed by atoms with Gasteiger partial charge >= 0.3 is 0 Å². The van der Waals surface area contributed by atoms with E-state index in [9.17, 15) is 9.18 Å². The minimum atomic E-state index is -0.459. The summed E-state index contributed by atoms with van der Waals surface area (Å²) >= 11 is 0. The Balaban J connectivity index is 1.50. The first kappa shape index (κ1) is 18.0. The topological polar surface area (TPSA) is 41.6 Å². The number of likely N-dealkylation sites (tertiary alicyclic amines) is 1. The molecule has 142 valence electrons. The van der Waals surface area contributed by atoms with Gasteiger partial charge in [-0.05, 0) is 73.2 Å². The molecule has 2 saturated heterocycles. The van der Waals surface area contributed by atoms with Gasteiger partial charge in [0.2, 0.25) is 0 Å². The minimum Gasteiger partial charge on any atom is -0.497 e. The van der Waals surface area contributed by atoms with Gasteiger partial charge in [-0.2, -0.15) is 0 Å². The van der Waals surface area contributed by atoms with Crippen LogP contribution in [0.3, 0.4) is 0 Å². The summed E-state index contributed by atoms with van der Waals surface area (Å²) in [6.45, 7) is 3.50. The summed E-state index contributed by atoms with van der Waals surface area (Å²) in [6, 6.07) is 12.3. The van der Waals surface area contributed by atoms with Gasteiger partial charge in [0.25, 0.3) is 5.91 Å². The summed E-state index contributed by atoms with van der Waals surface area (Å²) in [6.07, 6.45) is 1.99. The Hall–Kier alpha value is -2.40. The fraction of sp³-hybridized carbons (Fsp3) is 0.409. The smallest absolute Gasteiger partial charge is 0.256 e. The second-order valence-corrected chi connectivity index (χ2v) is 7.47. The maximum Gasteiger partial charge on any atom is 0.256 e. The summed E-state index contributed by atoms with van der Waals surface area (Å²) in [5.41, 5.74) is 1.81. The number of halogens is 1. The average Bonchev–Trinajstić information content (AvgIpc) is 3.05. The molecule has 0 unspecified atom stereocenters. The monoisotopic (exact) mass is 368 g/mol. The summed E-state index contributed by atoms with van der Waals surface area (Å²) in [5.74, 6) is 1.39. The molecule has 2 atom stereocenters. The van der Waals surface area contributed by atoms with Crippen molar-refractivity contribution in [2.75, 3.05) is 33.3 Å². The number of fused-ring (bicyclic) bond motifs is 1. The largest absolute Gasteiger partial charge is 0.497 e. The van der Waals surface area contributed by atoms with Crippen molar-refractivity contribution in [2.45, 2.75) is 12.8 Å². The van der Waals surface area contributed by atoms with Crippen LogP contribution in [0.1, 0.15) is 23.2 Å². The molecule has 1 N–H and O–H groups in total. The molecule has 2 aromatic carbocycles. The number of benzene rings is 2. The number of amides is 1. The standard InChI is InChI=1S/C22H25FN2O2/c1-27-19-5-2-15(3-6-19)16-4-7-20(21(23)12-16)22(26)25-10-8-17-13-24-14-18(17)9-11-25/h2-7,12,17-18,24H,8-11,13-14H2,1H3/t17-,18+. The van der Waals surface area contributed by atoms with Crippen molar-refractivity contribution >= 4 is 5.91 Å². The Labute approximate surface area is 159 Å². The molecule has 0 spiro atoms. The molecule has 2 aliphatic heterocycles.